The standard InChI is InChI=1S/C17H20ClN3O2/c1-12-8-21-9-14(6-7-16(21)19-12)20-17(22)11-23-10-13-4-2-3-5-15(13)18/h2-5,8,14H,6-7,9-11H2,1H3,(H,20,22). The Morgan fingerprint density at radius 3 is 3.13 bits per heavy atom. The van der Waals surface area contributed by atoms with Crippen LogP contribution in [0.25, 0.3) is 0 Å². The van der Waals surface area contributed by atoms with E-state index in [-0.39, 0.29) is 18.6 Å². The summed E-state index contributed by atoms with van der Waals surface area (Å²) in [7, 11) is 0. The van der Waals surface area contributed by atoms with Crippen LogP contribution < -0.4 is 5.32 Å². The number of carbonyl (C=O) groups is 1. The van der Waals surface area contributed by atoms with E-state index in [1.807, 2.05) is 37.4 Å². The smallest absolute Gasteiger partial charge is 0.246 e. The molecule has 1 aromatic heterocycles. The molecule has 1 aliphatic heterocycles. The molecule has 2 aromatic rings. The number of aromatic nitrogens is 2. The van der Waals surface area contributed by atoms with Crippen molar-refractivity contribution in [2.24, 2.45) is 0 Å². The largest absolute Gasteiger partial charge is 0.367 e. The molecule has 1 amide bonds. The van der Waals surface area contributed by atoms with Gasteiger partial charge in [0.05, 0.1) is 12.3 Å². The minimum absolute atomic E-state index is 0.0392. The molecule has 0 aliphatic carbocycles. The van der Waals surface area contributed by atoms with Gasteiger partial charge in [-0.25, -0.2) is 4.98 Å². The molecule has 3 rings (SSSR count). The number of ether oxygens (including phenoxy) is 1. The summed E-state index contributed by atoms with van der Waals surface area (Å²) < 4.78 is 7.58. The molecule has 0 saturated carbocycles. The molecule has 1 aromatic carbocycles. The number of nitrogens with zero attached hydrogens (tertiary/aromatic N) is 2. The van der Waals surface area contributed by atoms with E-state index in [2.05, 4.69) is 14.9 Å². The Bertz CT molecular complexity index is 699. The Morgan fingerprint density at radius 2 is 2.30 bits per heavy atom. The second-order valence-corrected chi connectivity index (χ2v) is 6.25. The molecule has 5 nitrogen and oxygen atoms in total. The molecule has 0 saturated heterocycles. The van der Waals surface area contributed by atoms with Gasteiger partial charge in [-0.05, 0) is 25.0 Å². The highest BCUT2D eigenvalue weighted by Crippen LogP contribution is 2.16. The average Bonchev–Trinajstić information content (AvgIpc) is 2.88. The van der Waals surface area contributed by atoms with Gasteiger partial charge in [0.1, 0.15) is 12.4 Å². The van der Waals surface area contributed by atoms with E-state index in [0.29, 0.717) is 11.6 Å². The maximum Gasteiger partial charge on any atom is 0.246 e. The molecule has 0 bridgehead atoms. The Hall–Kier alpha value is -1.85. The van der Waals surface area contributed by atoms with Gasteiger partial charge in [-0.3, -0.25) is 4.79 Å². The van der Waals surface area contributed by atoms with Crippen LogP contribution in [0.3, 0.4) is 0 Å². The first-order valence-corrected chi connectivity index (χ1v) is 8.13. The van der Waals surface area contributed by atoms with Crippen molar-refractivity contribution in [3.63, 3.8) is 0 Å². The lowest BCUT2D eigenvalue weighted by Gasteiger charge is -2.24. The van der Waals surface area contributed by atoms with Crippen molar-refractivity contribution in [2.75, 3.05) is 6.61 Å². The van der Waals surface area contributed by atoms with Gasteiger partial charge in [-0.15, -0.1) is 0 Å². The predicted octanol–water partition coefficient (Wildman–Crippen LogP) is 2.49. The van der Waals surface area contributed by atoms with Crippen LogP contribution in [-0.4, -0.2) is 28.1 Å². The fourth-order valence-corrected chi connectivity index (χ4v) is 3.03. The first kappa shape index (κ1) is 16.0. The van der Waals surface area contributed by atoms with Crippen molar-refractivity contribution in [1.29, 1.82) is 0 Å². The summed E-state index contributed by atoms with van der Waals surface area (Å²) in [5.74, 6) is 1.00. The second-order valence-electron chi connectivity index (χ2n) is 5.84. The van der Waals surface area contributed by atoms with Gasteiger partial charge in [0, 0.05) is 30.2 Å². The number of carbonyl (C=O) groups excluding carboxylic acids is 1. The Labute approximate surface area is 140 Å². The van der Waals surface area contributed by atoms with Crippen molar-refractivity contribution < 1.29 is 9.53 Å². The molecular weight excluding hydrogens is 314 g/mol. The van der Waals surface area contributed by atoms with E-state index in [0.717, 1.165) is 36.5 Å². The fraction of sp³-hybridized carbons (Fsp3) is 0.412. The van der Waals surface area contributed by atoms with Crippen LogP contribution in [0, 0.1) is 6.92 Å². The minimum Gasteiger partial charge on any atom is -0.367 e. The fourth-order valence-electron chi connectivity index (χ4n) is 2.84. The number of aryl methyl sites for hydroxylation is 2. The highest BCUT2D eigenvalue weighted by molar-refractivity contribution is 6.31. The molecule has 2 heterocycles. The number of benzene rings is 1. The summed E-state index contributed by atoms with van der Waals surface area (Å²) in [5, 5.41) is 3.68. The topological polar surface area (TPSA) is 56.2 Å². The molecule has 1 atom stereocenters. The number of hydrogen-bond acceptors (Lipinski definition) is 3. The van der Waals surface area contributed by atoms with Crippen molar-refractivity contribution in [3.05, 3.63) is 52.6 Å². The third-order valence-electron chi connectivity index (χ3n) is 3.93. The molecule has 1 unspecified atom stereocenters. The van der Waals surface area contributed by atoms with E-state index >= 15 is 0 Å². The van der Waals surface area contributed by atoms with Gasteiger partial charge in [0.25, 0.3) is 0 Å². The third-order valence-corrected chi connectivity index (χ3v) is 4.30. The number of amides is 1. The van der Waals surface area contributed by atoms with Crippen LogP contribution in [0.2, 0.25) is 5.02 Å². The molecule has 122 valence electrons. The number of nitrogens with one attached hydrogen (secondary N) is 1. The summed E-state index contributed by atoms with van der Waals surface area (Å²) in [4.78, 5) is 16.5. The zero-order valence-corrected chi connectivity index (χ0v) is 13.8. The lowest BCUT2D eigenvalue weighted by molar-refractivity contribution is -0.127. The summed E-state index contributed by atoms with van der Waals surface area (Å²) >= 11 is 6.06. The summed E-state index contributed by atoms with van der Waals surface area (Å²) in [6, 6.07) is 7.61. The maximum atomic E-state index is 12.0. The number of fused-ring (bicyclic) bond motifs is 1. The van der Waals surface area contributed by atoms with Gasteiger partial charge in [-0.1, -0.05) is 29.8 Å². The Balaban J connectivity index is 1.44. The monoisotopic (exact) mass is 333 g/mol. The summed E-state index contributed by atoms with van der Waals surface area (Å²) in [6.45, 7) is 3.13. The van der Waals surface area contributed by atoms with Crippen LogP contribution in [0.4, 0.5) is 0 Å². The van der Waals surface area contributed by atoms with Crippen LogP contribution in [0.1, 0.15) is 23.5 Å². The van der Waals surface area contributed by atoms with Crippen LogP contribution in [-0.2, 0) is 29.1 Å². The van der Waals surface area contributed by atoms with Crippen LogP contribution in [0.5, 0.6) is 0 Å². The molecule has 0 spiro atoms. The van der Waals surface area contributed by atoms with E-state index in [1.54, 1.807) is 0 Å². The quantitative estimate of drug-likeness (QED) is 0.914. The Kier molecular flexibility index (Phi) is 4.98. The second kappa shape index (κ2) is 7.15. The maximum absolute atomic E-state index is 12.0. The van der Waals surface area contributed by atoms with Crippen LogP contribution in [0.15, 0.2) is 30.5 Å². The number of hydrogen-bond donors (Lipinski definition) is 1. The third kappa shape index (κ3) is 4.12. The van der Waals surface area contributed by atoms with Crippen molar-refractivity contribution in [3.8, 4) is 0 Å². The first-order chi connectivity index (χ1) is 11.1. The minimum atomic E-state index is -0.0951. The molecule has 23 heavy (non-hydrogen) atoms. The molecular formula is C17H20ClN3O2. The molecule has 1 aliphatic rings. The van der Waals surface area contributed by atoms with Crippen molar-refractivity contribution in [2.45, 2.75) is 39.0 Å². The lowest BCUT2D eigenvalue weighted by Crippen LogP contribution is -2.42. The van der Waals surface area contributed by atoms with E-state index < -0.39 is 0 Å². The highest BCUT2D eigenvalue weighted by Gasteiger charge is 2.21. The van der Waals surface area contributed by atoms with E-state index in [9.17, 15) is 4.79 Å². The Morgan fingerprint density at radius 1 is 1.48 bits per heavy atom. The van der Waals surface area contributed by atoms with Gasteiger partial charge < -0.3 is 14.6 Å². The average molecular weight is 334 g/mol. The number of imidazole rings is 1. The van der Waals surface area contributed by atoms with Crippen molar-refractivity contribution in [1.82, 2.24) is 14.9 Å². The predicted molar refractivity (Wildman–Crippen MR) is 88.3 cm³/mol. The zero-order chi connectivity index (χ0) is 16.2. The molecule has 0 fully saturated rings. The SMILES string of the molecule is Cc1cn2c(n1)CCC(NC(=O)COCc1ccccc1Cl)C2. The van der Waals surface area contributed by atoms with E-state index in [1.165, 1.54) is 0 Å². The first-order valence-electron chi connectivity index (χ1n) is 7.75. The lowest BCUT2D eigenvalue weighted by atomic mass is 10.1. The van der Waals surface area contributed by atoms with Crippen molar-refractivity contribution >= 4 is 17.5 Å². The van der Waals surface area contributed by atoms with Crippen LogP contribution >= 0.6 is 11.6 Å². The highest BCUT2D eigenvalue weighted by atomic mass is 35.5. The van der Waals surface area contributed by atoms with Gasteiger partial charge in [-0.2, -0.15) is 0 Å². The summed E-state index contributed by atoms with van der Waals surface area (Å²) in [6.07, 6.45) is 3.83. The normalized spacial score (nSPS) is 16.9. The summed E-state index contributed by atoms with van der Waals surface area (Å²) in [5.41, 5.74) is 1.91. The number of halogens is 1. The van der Waals surface area contributed by atoms with Gasteiger partial charge >= 0.3 is 0 Å². The molecule has 6 heteroatoms. The number of rotatable bonds is 5. The zero-order valence-electron chi connectivity index (χ0n) is 13.1. The van der Waals surface area contributed by atoms with Gasteiger partial charge in [0.15, 0.2) is 0 Å². The molecule has 0 radical (unpaired) electrons. The van der Waals surface area contributed by atoms with E-state index in [4.69, 9.17) is 16.3 Å². The van der Waals surface area contributed by atoms with Gasteiger partial charge in [0.2, 0.25) is 5.91 Å². The molecule has 1 N–H and O–H groups in total.